The monoisotopic (exact) mass is 377 g/mol. The van der Waals surface area contributed by atoms with Gasteiger partial charge in [-0.25, -0.2) is 4.98 Å². The molecule has 7 heteroatoms. The summed E-state index contributed by atoms with van der Waals surface area (Å²) in [7, 11) is 0. The van der Waals surface area contributed by atoms with Crippen molar-refractivity contribution in [3.63, 3.8) is 0 Å². The lowest BCUT2D eigenvalue weighted by Gasteiger charge is -2.15. The predicted octanol–water partition coefficient (Wildman–Crippen LogP) is 3.01. The minimum absolute atomic E-state index is 0.0369. The van der Waals surface area contributed by atoms with Gasteiger partial charge in [0.2, 0.25) is 0 Å². The summed E-state index contributed by atoms with van der Waals surface area (Å²) < 4.78 is 2.29. The van der Waals surface area contributed by atoms with Crippen LogP contribution in [-0.4, -0.2) is 15.3 Å². The lowest BCUT2D eigenvalue weighted by Crippen LogP contribution is -2.33. The van der Waals surface area contributed by atoms with E-state index in [0.29, 0.717) is 4.96 Å². The first-order chi connectivity index (χ1) is 10.6. The number of fused-ring (bicyclic) bond motifs is 1. The molecule has 2 heterocycles. The normalized spacial score (nSPS) is 12.3. The molecule has 0 saturated carbocycles. The molecule has 0 aliphatic rings. The number of carbonyl (C=O) groups is 1. The predicted molar refractivity (Wildman–Crippen MR) is 89.4 cm³/mol. The third kappa shape index (κ3) is 2.69. The lowest BCUT2D eigenvalue weighted by molar-refractivity contribution is 0.0937. The number of halogens is 1. The highest BCUT2D eigenvalue weighted by Crippen LogP contribution is 2.22. The van der Waals surface area contributed by atoms with Crippen LogP contribution in [0.15, 0.2) is 51.3 Å². The maximum absolute atomic E-state index is 12.3. The molecule has 0 spiro atoms. The zero-order valence-electron chi connectivity index (χ0n) is 11.6. The number of nitrogens with one attached hydrogen (secondary N) is 1. The van der Waals surface area contributed by atoms with E-state index in [1.807, 2.05) is 31.2 Å². The van der Waals surface area contributed by atoms with Gasteiger partial charge < -0.3 is 5.32 Å². The number of benzene rings is 1. The van der Waals surface area contributed by atoms with Crippen molar-refractivity contribution >= 4 is 38.1 Å². The van der Waals surface area contributed by atoms with Crippen molar-refractivity contribution in [1.29, 1.82) is 0 Å². The van der Waals surface area contributed by atoms with Gasteiger partial charge in [-0.1, -0.05) is 34.1 Å². The summed E-state index contributed by atoms with van der Waals surface area (Å²) in [5.41, 5.74) is 0.624. The molecule has 1 unspecified atom stereocenters. The molecule has 1 atom stereocenters. The molecule has 0 aliphatic carbocycles. The number of rotatable bonds is 3. The van der Waals surface area contributed by atoms with E-state index in [1.165, 1.54) is 21.9 Å². The lowest BCUT2D eigenvalue weighted by atomic mass is 10.1. The Morgan fingerprint density at radius 1 is 1.41 bits per heavy atom. The highest BCUT2D eigenvalue weighted by Gasteiger charge is 2.17. The van der Waals surface area contributed by atoms with Crippen molar-refractivity contribution in [1.82, 2.24) is 14.7 Å². The van der Waals surface area contributed by atoms with Crippen LogP contribution in [0, 0.1) is 0 Å². The third-order valence-corrected chi connectivity index (χ3v) is 4.80. The molecule has 0 saturated heterocycles. The molecule has 1 N–H and O–H groups in total. The van der Waals surface area contributed by atoms with E-state index in [0.717, 1.165) is 10.0 Å². The van der Waals surface area contributed by atoms with Gasteiger partial charge in [0.05, 0.1) is 6.04 Å². The molecule has 3 rings (SSSR count). The van der Waals surface area contributed by atoms with Crippen LogP contribution in [0.4, 0.5) is 0 Å². The zero-order valence-corrected chi connectivity index (χ0v) is 14.0. The van der Waals surface area contributed by atoms with Crippen LogP contribution in [0.3, 0.4) is 0 Å². The zero-order chi connectivity index (χ0) is 15.7. The van der Waals surface area contributed by atoms with E-state index in [2.05, 4.69) is 26.2 Å². The first kappa shape index (κ1) is 14.9. The highest BCUT2D eigenvalue weighted by atomic mass is 79.9. The van der Waals surface area contributed by atoms with Crippen molar-refractivity contribution in [3.8, 4) is 0 Å². The van der Waals surface area contributed by atoms with Crippen LogP contribution in [-0.2, 0) is 0 Å². The Labute approximate surface area is 138 Å². The molecule has 2 aromatic heterocycles. The molecule has 1 amide bonds. The summed E-state index contributed by atoms with van der Waals surface area (Å²) in [6.07, 6.45) is 2.94. The van der Waals surface area contributed by atoms with E-state index in [9.17, 15) is 9.59 Å². The van der Waals surface area contributed by atoms with Crippen molar-refractivity contribution in [2.24, 2.45) is 0 Å². The number of amides is 1. The molecular weight excluding hydrogens is 366 g/mol. The molecule has 1 aromatic carbocycles. The fraction of sp³-hybridized carbons (Fsp3) is 0.133. The van der Waals surface area contributed by atoms with Crippen molar-refractivity contribution in [2.75, 3.05) is 0 Å². The van der Waals surface area contributed by atoms with Gasteiger partial charge in [-0.05, 0) is 18.6 Å². The Morgan fingerprint density at radius 2 is 2.18 bits per heavy atom. The topological polar surface area (TPSA) is 63.5 Å². The Hall–Kier alpha value is -1.99. The number of nitrogens with zero attached hydrogens (tertiary/aromatic N) is 2. The van der Waals surface area contributed by atoms with E-state index in [-0.39, 0.29) is 17.2 Å². The average molecular weight is 378 g/mol. The molecule has 0 bridgehead atoms. The third-order valence-electron chi connectivity index (χ3n) is 3.31. The highest BCUT2D eigenvalue weighted by molar-refractivity contribution is 9.10. The second-order valence-electron chi connectivity index (χ2n) is 4.75. The van der Waals surface area contributed by atoms with Gasteiger partial charge in [0.1, 0.15) is 5.56 Å². The van der Waals surface area contributed by atoms with Gasteiger partial charge in [0, 0.05) is 22.2 Å². The number of hydrogen-bond donors (Lipinski definition) is 1. The smallest absolute Gasteiger partial charge is 0.271 e. The number of thiazole rings is 1. The maximum atomic E-state index is 12.3. The molecule has 0 fully saturated rings. The Balaban J connectivity index is 1.89. The minimum atomic E-state index is -0.429. The first-order valence-electron chi connectivity index (χ1n) is 6.58. The van der Waals surface area contributed by atoms with Gasteiger partial charge in [0.15, 0.2) is 4.96 Å². The van der Waals surface area contributed by atoms with Crippen molar-refractivity contribution < 1.29 is 4.79 Å². The Bertz CT molecular complexity index is 903. The second kappa shape index (κ2) is 6.02. The molecule has 3 aromatic rings. The summed E-state index contributed by atoms with van der Waals surface area (Å²) in [6, 6.07) is 7.40. The summed E-state index contributed by atoms with van der Waals surface area (Å²) in [4.78, 5) is 29.3. The van der Waals surface area contributed by atoms with Crippen LogP contribution in [0.1, 0.15) is 28.9 Å². The molecular formula is C15H12BrN3O2S. The Morgan fingerprint density at radius 3 is 2.95 bits per heavy atom. The molecule has 22 heavy (non-hydrogen) atoms. The number of aromatic nitrogens is 2. The number of hydrogen-bond acceptors (Lipinski definition) is 4. The minimum Gasteiger partial charge on any atom is -0.345 e. The van der Waals surface area contributed by atoms with E-state index in [1.54, 1.807) is 11.6 Å². The van der Waals surface area contributed by atoms with Gasteiger partial charge in [-0.2, -0.15) is 0 Å². The summed E-state index contributed by atoms with van der Waals surface area (Å²) >= 11 is 4.81. The molecule has 112 valence electrons. The van der Waals surface area contributed by atoms with Gasteiger partial charge in [-0.15, -0.1) is 11.3 Å². The van der Waals surface area contributed by atoms with E-state index < -0.39 is 5.91 Å². The first-order valence-corrected chi connectivity index (χ1v) is 8.25. The van der Waals surface area contributed by atoms with Crippen molar-refractivity contribution in [2.45, 2.75) is 13.0 Å². The maximum Gasteiger partial charge on any atom is 0.271 e. The summed E-state index contributed by atoms with van der Waals surface area (Å²) in [5, 5.41) is 4.59. The van der Waals surface area contributed by atoms with E-state index >= 15 is 0 Å². The van der Waals surface area contributed by atoms with E-state index in [4.69, 9.17) is 0 Å². The fourth-order valence-electron chi connectivity index (χ4n) is 2.16. The van der Waals surface area contributed by atoms with Gasteiger partial charge in [-0.3, -0.25) is 14.0 Å². The van der Waals surface area contributed by atoms with Crippen LogP contribution in [0.5, 0.6) is 0 Å². The van der Waals surface area contributed by atoms with Crippen LogP contribution < -0.4 is 10.9 Å². The van der Waals surface area contributed by atoms with Crippen LogP contribution in [0.2, 0.25) is 0 Å². The van der Waals surface area contributed by atoms with Gasteiger partial charge in [0.25, 0.3) is 11.5 Å². The summed E-state index contributed by atoms with van der Waals surface area (Å²) in [5.74, 6) is -0.429. The standard InChI is InChI=1S/C15H12BrN3O2S/c1-9(10-4-2-3-5-12(10)16)18-13(20)11-8-17-15-19(14(11)21)6-7-22-15/h2-9H,1H3,(H,18,20). The fourth-order valence-corrected chi connectivity index (χ4v) is 3.46. The average Bonchev–Trinajstić information content (AvgIpc) is 2.97. The molecule has 0 aliphatic heterocycles. The summed E-state index contributed by atoms with van der Waals surface area (Å²) in [6.45, 7) is 1.87. The van der Waals surface area contributed by atoms with Gasteiger partial charge >= 0.3 is 0 Å². The second-order valence-corrected chi connectivity index (χ2v) is 6.48. The number of carbonyl (C=O) groups excluding carboxylic acids is 1. The van der Waals surface area contributed by atoms with Crippen LogP contribution in [0.25, 0.3) is 4.96 Å². The quantitative estimate of drug-likeness (QED) is 0.762. The van der Waals surface area contributed by atoms with Crippen molar-refractivity contribution in [3.05, 3.63) is 68.0 Å². The largest absolute Gasteiger partial charge is 0.345 e. The van der Waals surface area contributed by atoms with Crippen LogP contribution >= 0.6 is 27.3 Å². The molecule has 0 radical (unpaired) electrons. The Kier molecular flexibility index (Phi) is 4.08. The molecule has 5 nitrogen and oxygen atoms in total. The SMILES string of the molecule is CC(NC(=O)c1cnc2sccn2c1=O)c1ccccc1Br.